The van der Waals surface area contributed by atoms with E-state index in [2.05, 4.69) is 59.8 Å². The van der Waals surface area contributed by atoms with E-state index in [1.807, 2.05) is 0 Å². The highest BCUT2D eigenvalue weighted by Gasteiger charge is 2.27. The lowest BCUT2D eigenvalue weighted by atomic mass is 9.86. The first-order valence-electron chi connectivity index (χ1n) is 10.7. The molecule has 1 heterocycles. The Morgan fingerprint density at radius 1 is 1.20 bits per heavy atom. The van der Waals surface area contributed by atoms with Crippen molar-refractivity contribution in [2.75, 3.05) is 32.4 Å². The Balaban J connectivity index is 0.00000450. The molecular weight excluding hydrogens is 511 g/mol. The van der Waals surface area contributed by atoms with Crippen molar-refractivity contribution in [3.8, 4) is 0 Å². The zero-order valence-electron chi connectivity index (χ0n) is 18.9. The fraction of sp³-hybridized carbons (Fsp3) is 0.682. The minimum Gasteiger partial charge on any atom is -0.356 e. The summed E-state index contributed by atoms with van der Waals surface area (Å²) in [6, 6.07) is 10.9. The molecule has 1 aliphatic heterocycles. The molecule has 1 saturated heterocycles. The van der Waals surface area contributed by atoms with Crippen molar-refractivity contribution < 1.29 is 8.42 Å². The largest absolute Gasteiger partial charge is 0.356 e. The Morgan fingerprint density at radius 3 is 2.40 bits per heavy atom. The van der Waals surface area contributed by atoms with Crippen LogP contribution in [0.2, 0.25) is 0 Å². The molecule has 0 unspecified atom stereocenters. The maximum atomic E-state index is 12.0. The van der Waals surface area contributed by atoms with Crippen molar-refractivity contribution in [3.05, 3.63) is 35.9 Å². The van der Waals surface area contributed by atoms with E-state index in [0.29, 0.717) is 13.1 Å². The Kier molecular flexibility index (Phi) is 11.6. The van der Waals surface area contributed by atoms with Gasteiger partial charge in [0.25, 0.3) is 0 Å². The minimum atomic E-state index is -3.08. The zero-order valence-corrected chi connectivity index (χ0v) is 22.0. The first kappa shape index (κ1) is 27.2. The normalized spacial score (nSPS) is 16.7. The number of nitrogens with zero attached hydrogens (tertiary/aromatic N) is 2. The van der Waals surface area contributed by atoms with E-state index in [-0.39, 0.29) is 41.2 Å². The summed E-state index contributed by atoms with van der Waals surface area (Å²) in [5, 5.41) is 6.93. The SMILES string of the molecule is CCS(=O)(=O)N1CCC(NC(=NC)NCC(C)(C)CCCc2ccccc2)CC1.I. The highest BCUT2D eigenvalue weighted by atomic mass is 127. The number of sulfonamides is 1. The van der Waals surface area contributed by atoms with Gasteiger partial charge in [0, 0.05) is 32.7 Å². The Hall–Kier alpha value is -0.870. The van der Waals surface area contributed by atoms with Crippen LogP contribution in [0.4, 0.5) is 0 Å². The number of piperidine rings is 1. The lowest BCUT2D eigenvalue weighted by Crippen LogP contribution is -2.51. The number of hydrogen-bond donors (Lipinski definition) is 2. The third kappa shape index (κ3) is 9.09. The number of hydrogen-bond acceptors (Lipinski definition) is 3. The lowest BCUT2D eigenvalue weighted by molar-refractivity contribution is 0.301. The second-order valence-electron chi connectivity index (χ2n) is 8.65. The summed E-state index contributed by atoms with van der Waals surface area (Å²) in [4.78, 5) is 4.36. The van der Waals surface area contributed by atoms with Crippen LogP contribution >= 0.6 is 24.0 Å². The number of benzene rings is 1. The molecule has 0 radical (unpaired) electrons. The van der Waals surface area contributed by atoms with Crippen LogP contribution in [0.1, 0.15) is 52.0 Å². The molecule has 0 bridgehead atoms. The third-order valence-corrected chi connectivity index (χ3v) is 7.55. The van der Waals surface area contributed by atoms with Gasteiger partial charge < -0.3 is 10.6 Å². The molecule has 172 valence electrons. The van der Waals surface area contributed by atoms with E-state index in [4.69, 9.17) is 0 Å². The summed E-state index contributed by atoms with van der Waals surface area (Å²) in [7, 11) is -1.29. The molecular formula is C22H39IN4O2S. The Labute approximate surface area is 200 Å². The molecule has 0 amide bonds. The summed E-state index contributed by atoms with van der Waals surface area (Å²) >= 11 is 0. The van der Waals surface area contributed by atoms with Gasteiger partial charge in [-0.05, 0) is 50.0 Å². The van der Waals surface area contributed by atoms with Gasteiger partial charge >= 0.3 is 0 Å². The zero-order chi connectivity index (χ0) is 21.3. The molecule has 1 aromatic rings. The van der Waals surface area contributed by atoms with Crippen molar-refractivity contribution in [1.29, 1.82) is 0 Å². The average molecular weight is 551 g/mol. The quantitative estimate of drug-likeness (QED) is 0.280. The van der Waals surface area contributed by atoms with Gasteiger partial charge in [-0.1, -0.05) is 44.2 Å². The van der Waals surface area contributed by atoms with Crippen molar-refractivity contribution in [1.82, 2.24) is 14.9 Å². The smallest absolute Gasteiger partial charge is 0.213 e. The number of aliphatic imine (C=N–C) groups is 1. The van der Waals surface area contributed by atoms with Gasteiger partial charge in [0.2, 0.25) is 10.0 Å². The van der Waals surface area contributed by atoms with Crippen LogP contribution in [-0.2, 0) is 16.4 Å². The van der Waals surface area contributed by atoms with Crippen LogP contribution in [0.3, 0.4) is 0 Å². The number of guanidine groups is 1. The maximum Gasteiger partial charge on any atom is 0.213 e. The number of nitrogens with one attached hydrogen (secondary N) is 2. The summed E-state index contributed by atoms with van der Waals surface area (Å²) in [5.41, 5.74) is 1.57. The molecule has 30 heavy (non-hydrogen) atoms. The van der Waals surface area contributed by atoms with Gasteiger partial charge in [-0.3, -0.25) is 4.99 Å². The van der Waals surface area contributed by atoms with E-state index >= 15 is 0 Å². The predicted octanol–water partition coefficient (Wildman–Crippen LogP) is 3.63. The molecule has 0 atom stereocenters. The Bertz CT molecular complexity index is 746. The molecule has 0 aliphatic carbocycles. The second kappa shape index (κ2) is 12.9. The van der Waals surface area contributed by atoms with Gasteiger partial charge in [0.15, 0.2) is 5.96 Å². The van der Waals surface area contributed by atoms with Crippen LogP contribution in [0.5, 0.6) is 0 Å². The molecule has 8 heteroatoms. The van der Waals surface area contributed by atoms with Gasteiger partial charge in [-0.2, -0.15) is 0 Å². The number of aryl methyl sites for hydroxylation is 1. The van der Waals surface area contributed by atoms with Crippen molar-refractivity contribution >= 4 is 40.0 Å². The topological polar surface area (TPSA) is 73.8 Å². The molecule has 2 N–H and O–H groups in total. The van der Waals surface area contributed by atoms with Crippen LogP contribution in [0.25, 0.3) is 0 Å². The minimum absolute atomic E-state index is 0. The highest BCUT2D eigenvalue weighted by molar-refractivity contribution is 14.0. The van der Waals surface area contributed by atoms with Crippen LogP contribution in [-0.4, -0.2) is 57.2 Å². The Morgan fingerprint density at radius 2 is 1.83 bits per heavy atom. The van der Waals surface area contributed by atoms with E-state index in [1.165, 1.54) is 5.56 Å². The van der Waals surface area contributed by atoms with Crippen LogP contribution in [0.15, 0.2) is 35.3 Å². The molecule has 1 aliphatic rings. The molecule has 2 rings (SSSR count). The van der Waals surface area contributed by atoms with E-state index in [9.17, 15) is 8.42 Å². The van der Waals surface area contributed by atoms with Gasteiger partial charge in [0.05, 0.1) is 5.75 Å². The number of rotatable bonds is 9. The van der Waals surface area contributed by atoms with E-state index in [0.717, 1.165) is 44.6 Å². The second-order valence-corrected chi connectivity index (χ2v) is 10.9. The molecule has 0 aromatic heterocycles. The highest BCUT2D eigenvalue weighted by Crippen LogP contribution is 2.22. The fourth-order valence-electron chi connectivity index (χ4n) is 3.68. The molecule has 1 aromatic carbocycles. The predicted molar refractivity (Wildman–Crippen MR) is 137 cm³/mol. The maximum absolute atomic E-state index is 12.0. The summed E-state index contributed by atoms with van der Waals surface area (Å²) in [6.07, 6.45) is 5.02. The van der Waals surface area contributed by atoms with E-state index < -0.39 is 10.0 Å². The molecule has 1 fully saturated rings. The van der Waals surface area contributed by atoms with Gasteiger partial charge in [0.1, 0.15) is 0 Å². The van der Waals surface area contributed by atoms with Gasteiger partial charge in [-0.15, -0.1) is 24.0 Å². The third-order valence-electron chi connectivity index (χ3n) is 5.67. The summed E-state index contributed by atoms with van der Waals surface area (Å²) < 4.78 is 25.6. The van der Waals surface area contributed by atoms with E-state index in [1.54, 1.807) is 18.3 Å². The summed E-state index contributed by atoms with van der Waals surface area (Å²) in [5.74, 6) is 0.978. The standard InChI is InChI=1S/C22H38N4O2S.HI/c1-5-29(27,28)26-16-13-20(14-17-26)25-21(23-4)24-18-22(2,3)15-9-12-19-10-7-6-8-11-19;/h6-8,10-11,20H,5,9,12-18H2,1-4H3,(H2,23,24,25);1H. The first-order chi connectivity index (χ1) is 13.8. The van der Waals surface area contributed by atoms with Crippen LogP contribution in [0, 0.1) is 5.41 Å². The lowest BCUT2D eigenvalue weighted by Gasteiger charge is -2.33. The monoisotopic (exact) mass is 550 g/mol. The molecule has 0 saturated carbocycles. The van der Waals surface area contributed by atoms with Crippen molar-refractivity contribution in [2.45, 2.75) is 58.9 Å². The number of halogens is 1. The van der Waals surface area contributed by atoms with Crippen molar-refractivity contribution in [2.24, 2.45) is 10.4 Å². The van der Waals surface area contributed by atoms with Crippen molar-refractivity contribution in [3.63, 3.8) is 0 Å². The molecule has 0 spiro atoms. The van der Waals surface area contributed by atoms with Crippen LogP contribution < -0.4 is 10.6 Å². The summed E-state index contributed by atoms with van der Waals surface area (Å²) in [6.45, 7) is 8.28. The van der Waals surface area contributed by atoms with Gasteiger partial charge in [-0.25, -0.2) is 12.7 Å². The average Bonchev–Trinajstić information content (AvgIpc) is 2.72. The fourth-order valence-corrected chi connectivity index (χ4v) is 4.81. The first-order valence-corrected chi connectivity index (χ1v) is 12.4. The molecule has 6 nitrogen and oxygen atoms in total.